The van der Waals surface area contributed by atoms with E-state index in [1.54, 1.807) is 6.07 Å². The highest BCUT2D eigenvalue weighted by molar-refractivity contribution is 6.05. The van der Waals surface area contributed by atoms with Crippen LogP contribution in [0.4, 0.5) is 15.8 Å². The van der Waals surface area contributed by atoms with E-state index in [9.17, 15) is 14.0 Å². The van der Waals surface area contributed by atoms with E-state index in [1.165, 1.54) is 31.4 Å². The lowest BCUT2D eigenvalue weighted by Gasteiger charge is -2.27. The molecule has 0 saturated carbocycles. The number of hydrogen-bond donors (Lipinski definition) is 2. The number of amides is 2. The van der Waals surface area contributed by atoms with Crippen LogP contribution in [0.15, 0.2) is 42.5 Å². The fourth-order valence-corrected chi connectivity index (χ4v) is 4.02. The predicted molar refractivity (Wildman–Crippen MR) is 107 cm³/mol. The van der Waals surface area contributed by atoms with Crippen molar-refractivity contribution in [2.75, 3.05) is 23.7 Å². The minimum Gasteiger partial charge on any atom is -0.326 e. The average molecular weight is 381 g/mol. The summed E-state index contributed by atoms with van der Waals surface area (Å²) in [6.07, 6.45) is 3.82. The first-order valence-corrected chi connectivity index (χ1v) is 9.80. The molecule has 1 saturated heterocycles. The number of carbonyl (C=O) groups is 2. The summed E-state index contributed by atoms with van der Waals surface area (Å²) in [5.41, 5.74) is 2.89. The summed E-state index contributed by atoms with van der Waals surface area (Å²) in [6.45, 7) is 3.10. The van der Waals surface area contributed by atoms with Crippen LogP contribution in [0.25, 0.3) is 0 Å². The highest BCUT2D eigenvalue weighted by atomic mass is 19.1. The molecule has 2 amide bonds. The number of halogens is 1. The van der Waals surface area contributed by atoms with Crippen LogP contribution >= 0.6 is 0 Å². The molecule has 4 rings (SSSR count). The Bertz CT molecular complexity index is 893. The molecule has 2 aliphatic heterocycles. The summed E-state index contributed by atoms with van der Waals surface area (Å²) in [5, 5.41) is 5.57. The van der Waals surface area contributed by atoms with Gasteiger partial charge in [-0.15, -0.1) is 0 Å². The lowest BCUT2D eigenvalue weighted by atomic mass is 9.89. The zero-order valence-electron chi connectivity index (χ0n) is 15.7. The van der Waals surface area contributed by atoms with E-state index in [4.69, 9.17) is 0 Å². The maximum Gasteiger partial charge on any atom is 0.232 e. The molecule has 6 heteroatoms. The zero-order valence-corrected chi connectivity index (χ0v) is 15.7. The van der Waals surface area contributed by atoms with Crippen molar-refractivity contribution < 1.29 is 14.0 Å². The van der Waals surface area contributed by atoms with Crippen LogP contribution in [0.5, 0.6) is 0 Å². The smallest absolute Gasteiger partial charge is 0.232 e. The third-order valence-electron chi connectivity index (χ3n) is 5.42. The van der Waals surface area contributed by atoms with Gasteiger partial charge in [-0.3, -0.25) is 14.5 Å². The van der Waals surface area contributed by atoms with Crippen LogP contribution in [0.3, 0.4) is 0 Å². The molecule has 2 N–H and O–H groups in total. The molecular formula is C22H24FN3O2. The maximum atomic E-state index is 13.5. The van der Waals surface area contributed by atoms with E-state index in [1.807, 2.05) is 18.2 Å². The monoisotopic (exact) mass is 381 g/mol. The SMILES string of the molecule is O=C1CC(C(=O)Nc2cccc(CN3CCCCC3)c2)c2ccc(F)cc2N1. The number of hydrogen-bond acceptors (Lipinski definition) is 3. The average Bonchev–Trinajstić information content (AvgIpc) is 2.68. The number of piperidine rings is 1. The van der Waals surface area contributed by atoms with Gasteiger partial charge in [0, 0.05) is 24.3 Å². The Morgan fingerprint density at radius 2 is 1.96 bits per heavy atom. The second kappa shape index (κ2) is 8.10. The normalized spacial score (nSPS) is 19.6. The molecule has 0 spiro atoms. The lowest BCUT2D eigenvalue weighted by molar-refractivity contribution is -0.123. The van der Waals surface area contributed by atoms with Gasteiger partial charge < -0.3 is 10.6 Å². The van der Waals surface area contributed by atoms with Gasteiger partial charge in [0.2, 0.25) is 11.8 Å². The maximum absolute atomic E-state index is 13.5. The van der Waals surface area contributed by atoms with E-state index >= 15 is 0 Å². The van der Waals surface area contributed by atoms with Crippen molar-refractivity contribution in [3.63, 3.8) is 0 Å². The molecule has 1 atom stereocenters. The predicted octanol–water partition coefficient (Wildman–Crippen LogP) is 3.88. The van der Waals surface area contributed by atoms with E-state index < -0.39 is 11.7 Å². The van der Waals surface area contributed by atoms with Crippen molar-refractivity contribution in [1.29, 1.82) is 0 Å². The first-order valence-electron chi connectivity index (χ1n) is 9.80. The third-order valence-corrected chi connectivity index (χ3v) is 5.42. The highest BCUT2D eigenvalue weighted by Gasteiger charge is 2.31. The van der Waals surface area contributed by atoms with Crippen LogP contribution in [0, 0.1) is 5.82 Å². The van der Waals surface area contributed by atoms with Gasteiger partial charge in [0.05, 0.1) is 5.92 Å². The molecule has 2 aromatic carbocycles. The molecule has 1 unspecified atom stereocenters. The zero-order chi connectivity index (χ0) is 19.5. The third kappa shape index (κ3) is 4.22. The van der Waals surface area contributed by atoms with Gasteiger partial charge >= 0.3 is 0 Å². The molecule has 0 bridgehead atoms. The van der Waals surface area contributed by atoms with E-state index in [0.29, 0.717) is 16.9 Å². The van der Waals surface area contributed by atoms with E-state index in [0.717, 1.165) is 25.2 Å². The number of anilines is 2. The Kier molecular flexibility index (Phi) is 5.39. The Morgan fingerprint density at radius 1 is 1.14 bits per heavy atom. The van der Waals surface area contributed by atoms with Crippen LogP contribution in [0.1, 0.15) is 42.7 Å². The topological polar surface area (TPSA) is 61.4 Å². The second-order valence-corrected chi connectivity index (χ2v) is 7.56. The number of fused-ring (bicyclic) bond motifs is 1. The second-order valence-electron chi connectivity index (χ2n) is 7.56. The van der Waals surface area contributed by atoms with Crippen molar-refractivity contribution in [3.8, 4) is 0 Å². The lowest BCUT2D eigenvalue weighted by Crippen LogP contribution is -2.31. The molecule has 1 fully saturated rings. The first-order chi connectivity index (χ1) is 13.6. The molecule has 5 nitrogen and oxygen atoms in total. The summed E-state index contributed by atoms with van der Waals surface area (Å²) in [6, 6.07) is 12.0. The molecule has 0 radical (unpaired) electrons. The van der Waals surface area contributed by atoms with Gasteiger partial charge in [0.1, 0.15) is 5.82 Å². The van der Waals surface area contributed by atoms with Crippen molar-refractivity contribution in [3.05, 3.63) is 59.4 Å². The standard InChI is InChI=1S/C22H24FN3O2/c23-16-7-8-18-19(13-21(27)25-20(18)12-16)22(28)24-17-6-4-5-15(11-17)14-26-9-2-1-3-10-26/h4-8,11-12,19H,1-3,9-10,13-14H2,(H,24,28)(H,25,27). The Morgan fingerprint density at radius 3 is 2.79 bits per heavy atom. The van der Waals surface area contributed by atoms with Crippen LogP contribution in [0.2, 0.25) is 0 Å². The number of carbonyl (C=O) groups excluding carboxylic acids is 2. The largest absolute Gasteiger partial charge is 0.326 e. The van der Waals surface area contributed by atoms with Crippen LogP contribution < -0.4 is 10.6 Å². The summed E-state index contributed by atoms with van der Waals surface area (Å²) in [4.78, 5) is 27.3. The number of nitrogens with zero attached hydrogens (tertiary/aromatic N) is 1. The minimum absolute atomic E-state index is 0.0535. The van der Waals surface area contributed by atoms with Crippen molar-refractivity contribution in [1.82, 2.24) is 4.90 Å². The quantitative estimate of drug-likeness (QED) is 0.845. The first kappa shape index (κ1) is 18.6. The van der Waals surface area contributed by atoms with E-state index in [-0.39, 0.29) is 18.2 Å². The van der Waals surface area contributed by atoms with Crippen molar-refractivity contribution >= 4 is 23.2 Å². The van der Waals surface area contributed by atoms with Gasteiger partial charge in [0.15, 0.2) is 0 Å². The minimum atomic E-state index is -0.630. The Balaban J connectivity index is 1.48. The number of rotatable bonds is 4. The van der Waals surface area contributed by atoms with Crippen molar-refractivity contribution in [2.45, 2.75) is 38.1 Å². The molecule has 0 aromatic heterocycles. The molecule has 2 aliphatic rings. The summed E-state index contributed by atoms with van der Waals surface area (Å²) < 4.78 is 13.5. The van der Waals surface area contributed by atoms with Gasteiger partial charge in [0.25, 0.3) is 0 Å². The fourth-order valence-electron chi connectivity index (χ4n) is 4.02. The molecule has 28 heavy (non-hydrogen) atoms. The van der Waals surface area contributed by atoms with Crippen molar-refractivity contribution in [2.24, 2.45) is 0 Å². The summed E-state index contributed by atoms with van der Waals surface area (Å²) >= 11 is 0. The van der Waals surface area contributed by atoms with Gasteiger partial charge in [-0.2, -0.15) is 0 Å². The molecule has 2 heterocycles. The highest BCUT2D eigenvalue weighted by Crippen LogP contribution is 2.33. The van der Waals surface area contributed by atoms with Crippen LogP contribution in [-0.2, 0) is 16.1 Å². The Labute approximate surface area is 163 Å². The number of likely N-dealkylation sites (tertiary alicyclic amines) is 1. The fraction of sp³-hybridized carbons (Fsp3) is 0.364. The van der Waals surface area contributed by atoms with Gasteiger partial charge in [-0.05, 0) is 61.3 Å². The molecule has 0 aliphatic carbocycles. The van der Waals surface area contributed by atoms with Gasteiger partial charge in [-0.25, -0.2) is 4.39 Å². The molecular weight excluding hydrogens is 357 g/mol. The molecule has 2 aromatic rings. The summed E-state index contributed by atoms with van der Waals surface area (Å²) in [5.74, 6) is -1.60. The van der Waals surface area contributed by atoms with Gasteiger partial charge in [-0.1, -0.05) is 24.6 Å². The van der Waals surface area contributed by atoms with Crippen LogP contribution in [-0.4, -0.2) is 29.8 Å². The van der Waals surface area contributed by atoms with E-state index in [2.05, 4.69) is 21.6 Å². The molecule has 146 valence electrons. The number of nitrogens with one attached hydrogen (secondary N) is 2. The summed E-state index contributed by atoms with van der Waals surface area (Å²) in [7, 11) is 0. The Hall–Kier alpha value is -2.73. The number of benzene rings is 2.